The first-order chi connectivity index (χ1) is 15.8. The maximum absolute atomic E-state index is 12.5. The zero-order valence-electron chi connectivity index (χ0n) is 19.4. The van der Waals surface area contributed by atoms with Crippen LogP contribution in [0.4, 0.5) is 5.69 Å². The number of allylic oxidation sites excluding steroid dienone is 1. The zero-order chi connectivity index (χ0) is 24.0. The van der Waals surface area contributed by atoms with Crippen LogP contribution in [0.15, 0.2) is 58.7 Å². The number of halogens is 1. The van der Waals surface area contributed by atoms with Gasteiger partial charge in [-0.05, 0) is 60.7 Å². The molecule has 0 bridgehead atoms. The van der Waals surface area contributed by atoms with E-state index >= 15 is 0 Å². The Balaban J connectivity index is 1.67. The largest absolute Gasteiger partial charge is 0.485 e. The smallest absolute Gasteiger partial charge is 0.234 e. The minimum atomic E-state index is -0.0870. The second-order valence-corrected chi connectivity index (χ2v) is 9.94. The molecule has 1 N–H and O–H groups in total. The highest BCUT2D eigenvalue weighted by atomic mass is 79.9. The average molecular weight is 530 g/mol. The SMILES string of the molecule is C=CCn1c(COc2ccc(Br)cc2C(C)C)nnc1SCC(=O)Nc1cc(C)ccc1C. The molecule has 0 saturated heterocycles. The molecule has 1 heterocycles. The highest BCUT2D eigenvalue weighted by Gasteiger charge is 2.16. The van der Waals surface area contributed by atoms with Crippen LogP contribution in [-0.4, -0.2) is 26.4 Å². The molecule has 0 saturated carbocycles. The van der Waals surface area contributed by atoms with E-state index in [9.17, 15) is 4.79 Å². The highest BCUT2D eigenvalue weighted by Crippen LogP contribution is 2.30. The Bertz CT molecular complexity index is 1140. The molecule has 0 aliphatic rings. The number of carbonyl (C=O) groups is 1. The maximum Gasteiger partial charge on any atom is 0.234 e. The first-order valence-corrected chi connectivity index (χ1v) is 12.5. The number of nitrogens with one attached hydrogen (secondary N) is 1. The number of thioether (sulfide) groups is 1. The van der Waals surface area contributed by atoms with Crippen molar-refractivity contribution in [3.8, 4) is 5.75 Å². The summed E-state index contributed by atoms with van der Waals surface area (Å²) in [5.41, 5.74) is 4.09. The molecule has 0 radical (unpaired) electrons. The summed E-state index contributed by atoms with van der Waals surface area (Å²) in [6, 6.07) is 12.0. The second-order valence-electron chi connectivity index (χ2n) is 8.08. The summed E-state index contributed by atoms with van der Waals surface area (Å²) in [4.78, 5) is 12.5. The first-order valence-electron chi connectivity index (χ1n) is 10.7. The van der Waals surface area contributed by atoms with Gasteiger partial charge < -0.3 is 10.1 Å². The quantitative estimate of drug-likeness (QED) is 0.247. The van der Waals surface area contributed by atoms with E-state index in [1.54, 1.807) is 6.08 Å². The number of aryl methyl sites for hydroxylation is 2. The summed E-state index contributed by atoms with van der Waals surface area (Å²) in [6.45, 7) is 12.9. The predicted octanol–water partition coefficient (Wildman–Crippen LogP) is 6.28. The van der Waals surface area contributed by atoms with Crippen molar-refractivity contribution in [1.82, 2.24) is 14.8 Å². The van der Waals surface area contributed by atoms with E-state index in [4.69, 9.17) is 4.74 Å². The Hall–Kier alpha value is -2.58. The van der Waals surface area contributed by atoms with Gasteiger partial charge in [0, 0.05) is 16.7 Å². The molecule has 3 aromatic rings. The Labute approximate surface area is 208 Å². The molecule has 0 atom stereocenters. The fourth-order valence-electron chi connectivity index (χ4n) is 3.28. The molecule has 0 aliphatic heterocycles. The fourth-order valence-corrected chi connectivity index (χ4v) is 4.42. The molecule has 0 aliphatic carbocycles. The van der Waals surface area contributed by atoms with Crippen LogP contribution in [0.2, 0.25) is 0 Å². The van der Waals surface area contributed by atoms with E-state index in [2.05, 4.69) is 57.9 Å². The minimum Gasteiger partial charge on any atom is -0.485 e. The van der Waals surface area contributed by atoms with Crippen LogP contribution in [0.25, 0.3) is 0 Å². The van der Waals surface area contributed by atoms with Gasteiger partial charge in [0.2, 0.25) is 5.91 Å². The number of nitrogens with zero attached hydrogens (tertiary/aromatic N) is 3. The van der Waals surface area contributed by atoms with Crippen molar-refractivity contribution in [3.05, 3.63) is 76.0 Å². The van der Waals surface area contributed by atoms with Gasteiger partial charge in [0.05, 0.1) is 5.75 Å². The zero-order valence-corrected chi connectivity index (χ0v) is 21.8. The first kappa shape index (κ1) is 25.1. The Kier molecular flexibility index (Phi) is 8.74. The van der Waals surface area contributed by atoms with Gasteiger partial charge in [-0.25, -0.2) is 0 Å². The van der Waals surface area contributed by atoms with Gasteiger partial charge in [-0.2, -0.15) is 0 Å². The van der Waals surface area contributed by atoms with Crippen molar-refractivity contribution < 1.29 is 9.53 Å². The van der Waals surface area contributed by atoms with Crippen LogP contribution >= 0.6 is 27.7 Å². The monoisotopic (exact) mass is 528 g/mol. The molecule has 33 heavy (non-hydrogen) atoms. The topological polar surface area (TPSA) is 69.0 Å². The molecular formula is C25H29BrN4O2S. The van der Waals surface area contributed by atoms with Crippen molar-refractivity contribution >= 4 is 39.3 Å². The van der Waals surface area contributed by atoms with Gasteiger partial charge in [0.25, 0.3) is 0 Å². The summed E-state index contributed by atoms with van der Waals surface area (Å²) in [6.07, 6.45) is 1.78. The number of carbonyl (C=O) groups excluding carboxylic acids is 1. The van der Waals surface area contributed by atoms with Crippen molar-refractivity contribution in [2.45, 2.75) is 51.9 Å². The Morgan fingerprint density at radius 2 is 2.03 bits per heavy atom. The van der Waals surface area contributed by atoms with Gasteiger partial charge in [-0.3, -0.25) is 9.36 Å². The number of ether oxygens (including phenoxy) is 1. The molecule has 0 unspecified atom stereocenters. The average Bonchev–Trinajstić information content (AvgIpc) is 3.15. The number of rotatable bonds is 10. The summed E-state index contributed by atoms with van der Waals surface area (Å²) < 4.78 is 9.05. The van der Waals surface area contributed by atoms with Crippen LogP contribution in [0.1, 0.15) is 42.3 Å². The van der Waals surface area contributed by atoms with Crippen LogP contribution in [0.3, 0.4) is 0 Å². The van der Waals surface area contributed by atoms with Crippen molar-refractivity contribution in [2.24, 2.45) is 0 Å². The lowest BCUT2D eigenvalue weighted by atomic mass is 10.0. The molecule has 8 heteroatoms. The van der Waals surface area contributed by atoms with E-state index in [1.165, 1.54) is 11.8 Å². The number of benzene rings is 2. The molecule has 6 nitrogen and oxygen atoms in total. The lowest BCUT2D eigenvalue weighted by Crippen LogP contribution is -2.16. The molecule has 0 spiro atoms. The van der Waals surface area contributed by atoms with Gasteiger partial charge in [0.1, 0.15) is 12.4 Å². The summed E-state index contributed by atoms with van der Waals surface area (Å²) >= 11 is 4.87. The van der Waals surface area contributed by atoms with Crippen molar-refractivity contribution in [3.63, 3.8) is 0 Å². The molecular weight excluding hydrogens is 500 g/mol. The van der Waals surface area contributed by atoms with Gasteiger partial charge in [-0.1, -0.05) is 59.7 Å². The van der Waals surface area contributed by atoms with Gasteiger partial charge in [0.15, 0.2) is 11.0 Å². The highest BCUT2D eigenvalue weighted by molar-refractivity contribution is 9.10. The number of hydrogen-bond donors (Lipinski definition) is 1. The lowest BCUT2D eigenvalue weighted by Gasteiger charge is -2.15. The molecule has 2 aromatic carbocycles. The molecule has 1 amide bonds. The lowest BCUT2D eigenvalue weighted by molar-refractivity contribution is -0.113. The summed E-state index contributed by atoms with van der Waals surface area (Å²) in [5, 5.41) is 12.2. The third kappa shape index (κ3) is 6.71. The van der Waals surface area contributed by atoms with Gasteiger partial charge in [-0.15, -0.1) is 16.8 Å². The van der Waals surface area contributed by atoms with E-state index in [0.717, 1.165) is 32.6 Å². The Morgan fingerprint density at radius 1 is 1.24 bits per heavy atom. The normalized spacial score (nSPS) is 11.0. The van der Waals surface area contributed by atoms with Crippen LogP contribution < -0.4 is 10.1 Å². The molecule has 1 aromatic heterocycles. The van der Waals surface area contributed by atoms with E-state index in [1.807, 2.05) is 48.7 Å². The molecule has 0 fully saturated rings. The van der Waals surface area contributed by atoms with Crippen LogP contribution in [0.5, 0.6) is 5.75 Å². The molecule has 3 rings (SSSR count). The van der Waals surface area contributed by atoms with Crippen molar-refractivity contribution in [2.75, 3.05) is 11.1 Å². The number of hydrogen-bond acceptors (Lipinski definition) is 5. The summed E-state index contributed by atoms with van der Waals surface area (Å²) in [5.74, 6) is 1.98. The van der Waals surface area contributed by atoms with Crippen molar-refractivity contribution in [1.29, 1.82) is 0 Å². The van der Waals surface area contributed by atoms with E-state index in [-0.39, 0.29) is 18.3 Å². The fraction of sp³-hybridized carbons (Fsp3) is 0.320. The van der Waals surface area contributed by atoms with E-state index < -0.39 is 0 Å². The third-order valence-electron chi connectivity index (χ3n) is 5.06. The number of aromatic nitrogens is 3. The number of anilines is 1. The second kappa shape index (κ2) is 11.5. The maximum atomic E-state index is 12.5. The van der Waals surface area contributed by atoms with E-state index in [0.29, 0.717) is 23.4 Å². The Morgan fingerprint density at radius 3 is 2.76 bits per heavy atom. The standard InChI is InChI=1S/C25H29BrN4O2S/c1-6-11-30-23(14-32-22-10-9-19(26)13-20(22)16(2)3)28-29-25(30)33-15-24(31)27-21-12-17(4)7-8-18(21)5/h6-10,12-13,16H,1,11,14-15H2,2-5H3,(H,27,31). The van der Waals surface area contributed by atoms with Crippen LogP contribution in [-0.2, 0) is 17.9 Å². The third-order valence-corrected chi connectivity index (χ3v) is 6.52. The van der Waals surface area contributed by atoms with Crippen LogP contribution in [0, 0.1) is 13.8 Å². The van der Waals surface area contributed by atoms with Gasteiger partial charge >= 0.3 is 0 Å². The molecule has 174 valence electrons. The number of amides is 1. The summed E-state index contributed by atoms with van der Waals surface area (Å²) in [7, 11) is 0. The predicted molar refractivity (Wildman–Crippen MR) is 138 cm³/mol. The minimum absolute atomic E-state index is 0.0870.